The summed E-state index contributed by atoms with van der Waals surface area (Å²) < 4.78 is 16.0. The molecule has 1 aliphatic heterocycles. The summed E-state index contributed by atoms with van der Waals surface area (Å²) in [6.07, 6.45) is 1.68. The maximum atomic E-state index is 12.4. The van der Waals surface area contributed by atoms with Gasteiger partial charge in [-0.15, -0.1) is 0 Å². The topological polar surface area (TPSA) is 86.2 Å². The summed E-state index contributed by atoms with van der Waals surface area (Å²) in [6.45, 7) is -0.260. The van der Waals surface area contributed by atoms with Crippen molar-refractivity contribution in [2.75, 3.05) is 20.8 Å². The van der Waals surface area contributed by atoms with Crippen molar-refractivity contribution in [1.82, 2.24) is 5.32 Å². The molecule has 0 saturated carbocycles. The Morgan fingerprint density at radius 2 is 2.03 bits per heavy atom. The van der Waals surface area contributed by atoms with Crippen molar-refractivity contribution in [3.8, 4) is 11.5 Å². The number of thioether (sulfide) groups is 1. The van der Waals surface area contributed by atoms with Gasteiger partial charge in [-0.25, -0.2) is 9.79 Å². The van der Waals surface area contributed by atoms with Crippen LogP contribution < -0.4 is 14.8 Å². The Morgan fingerprint density at radius 1 is 1.26 bits per heavy atom. The van der Waals surface area contributed by atoms with Gasteiger partial charge in [0.2, 0.25) is 0 Å². The Balaban J connectivity index is 1.85. The minimum Gasteiger partial charge on any atom is -0.493 e. The number of carbonyl (C=O) groups excluding carboxylic acids is 2. The van der Waals surface area contributed by atoms with Crippen LogP contribution in [0.4, 0.5) is 5.69 Å². The highest BCUT2D eigenvalue weighted by Crippen LogP contribution is 2.38. The number of halogens is 3. The molecule has 0 unspecified atom stereocenters. The van der Waals surface area contributed by atoms with Gasteiger partial charge in [0, 0.05) is 4.47 Å². The fourth-order valence-electron chi connectivity index (χ4n) is 2.44. The van der Waals surface area contributed by atoms with Crippen molar-refractivity contribution in [2.45, 2.75) is 0 Å². The number of methoxy groups -OCH3 is 2. The highest BCUT2D eigenvalue weighted by molar-refractivity contribution is 9.10. The van der Waals surface area contributed by atoms with Crippen LogP contribution in [0.25, 0.3) is 6.08 Å². The number of nitrogens with zero attached hydrogens (tertiary/aromatic N) is 1. The van der Waals surface area contributed by atoms with E-state index >= 15 is 0 Å². The van der Waals surface area contributed by atoms with E-state index in [1.54, 1.807) is 36.4 Å². The predicted molar refractivity (Wildman–Crippen MR) is 125 cm³/mol. The number of aliphatic imine (C=N–C) groups is 1. The first kappa shape index (κ1) is 23.5. The number of benzene rings is 2. The van der Waals surface area contributed by atoms with Crippen LogP contribution in [0, 0.1) is 0 Å². The maximum Gasteiger partial charge on any atom is 0.343 e. The Kier molecular flexibility index (Phi) is 7.88. The van der Waals surface area contributed by atoms with Gasteiger partial charge in [-0.2, -0.15) is 0 Å². The fraction of sp³-hybridized carbons (Fsp3) is 0.150. The standard InChI is InChI=1S/C20H15BrCl2N2O5S/c1-28-14-6-10(11(21)8-15(14)30-9-17(26)29-2)7-16-19(27)25-20(31-16)24-13-5-3-4-12(22)18(13)23/h3-8H,9H2,1-2H3,(H,24,25,27)/b16-7+. The van der Waals surface area contributed by atoms with Crippen LogP contribution in [0.5, 0.6) is 11.5 Å². The summed E-state index contributed by atoms with van der Waals surface area (Å²) in [6, 6.07) is 8.40. The SMILES string of the molecule is COC(=O)COc1cc(Br)c(/C=C2/SC(=Nc3cccc(Cl)c3Cl)NC2=O)cc1OC. The van der Waals surface area contributed by atoms with E-state index in [4.69, 9.17) is 32.7 Å². The second-order valence-corrected chi connectivity index (χ2v) is 8.61. The van der Waals surface area contributed by atoms with E-state index in [-0.39, 0.29) is 12.5 Å². The molecule has 11 heteroatoms. The van der Waals surface area contributed by atoms with E-state index in [1.807, 2.05) is 0 Å². The summed E-state index contributed by atoms with van der Waals surface area (Å²) in [5.41, 5.74) is 1.12. The van der Waals surface area contributed by atoms with Crippen molar-refractivity contribution in [3.63, 3.8) is 0 Å². The van der Waals surface area contributed by atoms with Crippen LogP contribution in [0.1, 0.15) is 5.56 Å². The highest BCUT2D eigenvalue weighted by atomic mass is 79.9. The lowest BCUT2D eigenvalue weighted by Crippen LogP contribution is -2.19. The summed E-state index contributed by atoms with van der Waals surface area (Å²) in [4.78, 5) is 28.5. The van der Waals surface area contributed by atoms with Gasteiger partial charge < -0.3 is 19.5 Å². The average molecular weight is 546 g/mol. The predicted octanol–water partition coefficient (Wildman–Crippen LogP) is 5.21. The molecule has 1 heterocycles. The molecule has 7 nitrogen and oxygen atoms in total. The smallest absolute Gasteiger partial charge is 0.343 e. The number of hydrogen-bond acceptors (Lipinski definition) is 7. The van der Waals surface area contributed by atoms with Gasteiger partial charge >= 0.3 is 5.97 Å². The molecule has 1 aliphatic rings. The first-order valence-electron chi connectivity index (χ1n) is 8.63. The molecule has 1 fully saturated rings. The molecule has 31 heavy (non-hydrogen) atoms. The Hall–Kier alpha value is -2.20. The molecule has 0 radical (unpaired) electrons. The third kappa shape index (κ3) is 5.74. The first-order chi connectivity index (χ1) is 14.8. The molecule has 0 aliphatic carbocycles. The minimum absolute atomic E-state index is 0.260. The van der Waals surface area contributed by atoms with E-state index in [2.05, 4.69) is 31.0 Å². The number of rotatable bonds is 6. The number of amides is 1. The van der Waals surface area contributed by atoms with Gasteiger partial charge in [0.05, 0.1) is 34.9 Å². The summed E-state index contributed by atoms with van der Waals surface area (Å²) in [7, 11) is 2.75. The van der Waals surface area contributed by atoms with E-state index < -0.39 is 5.97 Å². The Labute approximate surface area is 200 Å². The average Bonchev–Trinajstić information content (AvgIpc) is 3.09. The Morgan fingerprint density at radius 3 is 2.74 bits per heavy atom. The lowest BCUT2D eigenvalue weighted by molar-refractivity contribution is -0.142. The lowest BCUT2D eigenvalue weighted by Gasteiger charge is -2.12. The third-order valence-corrected chi connectivity index (χ3v) is 6.35. The number of esters is 1. The van der Waals surface area contributed by atoms with Crippen LogP contribution in [0.3, 0.4) is 0 Å². The number of nitrogens with one attached hydrogen (secondary N) is 1. The quantitative estimate of drug-likeness (QED) is 0.396. The molecule has 0 aromatic heterocycles. The zero-order valence-electron chi connectivity index (χ0n) is 16.2. The summed E-state index contributed by atoms with van der Waals surface area (Å²) in [5, 5.41) is 3.75. The lowest BCUT2D eigenvalue weighted by atomic mass is 10.2. The molecule has 3 rings (SSSR count). The van der Waals surface area contributed by atoms with Crippen molar-refractivity contribution in [1.29, 1.82) is 0 Å². The number of hydrogen-bond donors (Lipinski definition) is 1. The molecule has 0 spiro atoms. The molecule has 0 atom stereocenters. The van der Waals surface area contributed by atoms with Crippen LogP contribution in [-0.4, -0.2) is 37.9 Å². The van der Waals surface area contributed by atoms with Crippen LogP contribution in [0.15, 0.2) is 44.7 Å². The van der Waals surface area contributed by atoms with Gasteiger partial charge in [0.15, 0.2) is 23.3 Å². The van der Waals surface area contributed by atoms with Gasteiger partial charge in [-0.3, -0.25) is 4.79 Å². The van der Waals surface area contributed by atoms with Crippen LogP contribution in [-0.2, 0) is 14.3 Å². The molecule has 162 valence electrons. The van der Waals surface area contributed by atoms with Crippen molar-refractivity contribution in [3.05, 3.63) is 55.3 Å². The third-order valence-electron chi connectivity index (χ3n) is 3.95. The number of carbonyl (C=O) groups is 2. The first-order valence-corrected chi connectivity index (χ1v) is 11.0. The molecule has 0 bridgehead atoms. The highest BCUT2D eigenvalue weighted by Gasteiger charge is 2.25. The summed E-state index contributed by atoms with van der Waals surface area (Å²) >= 11 is 16.8. The molecular formula is C20H15BrCl2N2O5S. The molecule has 1 saturated heterocycles. The molecule has 2 aromatic carbocycles. The molecule has 1 amide bonds. The monoisotopic (exact) mass is 544 g/mol. The maximum absolute atomic E-state index is 12.4. The van der Waals surface area contributed by atoms with Gasteiger partial charge in [-0.1, -0.05) is 45.2 Å². The van der Waals surface area contributed by atoms with E-state index in [0.717, 1.165) is 11.8 Å². The second kappa shape index (κ2) is 10.4. The molecule has 1 N–H and O–H groups in total. The zero-order chi connectivity index (χ0) is 22.5. The second-order valence-electron chi connectivity index (χ2n) is 5.94. The van der Waals surface area contributed by atoms with E-state index in [0.29, 0.717) is 47.3 Å². The van der Waals surface area contributed by atoms with Crippen molar-refractivity contribution >= 4 is 79.7 Å². The molecular weight excluding hydrogens is 531 g/mol. The summed E-state index contributed by atoms with van der Waals surface area (Å²) in [5.74, 6) is -0.0842. The van der Waals surface area contributed by atoms with Gasteiger partial charge in [0.25, 0.3) is 5.91 Å². The number of amidine groups is 1. The minimum atomic E-state index is -0.518. The van der Waals surface area contributed by atoms with Crippen LogP contribution >= 0.6 is 50.9 Å². The van der Waals surface area contributed by atoms with Gasteiger partial charge in [0.1, 0.15) is 0 Å². The van der Waals surface area contributed by atoms with Gasteiger partial charge in [-0.05, 0) is 47.7 Å². The Bertz CT molecular complexity index is 1110. The van der Waals surface area contributed by atoms with Crippen molar-refractivity contribution in [2.24, 2.45) is 4.99 Å². The number of ether oxygens (including phenoxy) is 3. The largest absolute Gasteiger partial charge is 0.493 e. The normalized spacial score (nSPS) is 15.8. The van der Waals surface area contributed by atoms with E-state index in [9.17, 15) is 9.59 Å². The van der Waals surface area contributed by atoms with Crippen molar-refractivity contribution < 1.29 is 23.8 Å². The van der Waals surface area contributed by atoms with E-state index in [1.165, 1.54) is 14.2 Å². The van der Waals surface area contributed by atoms with Crippen LogP contribution in [0.2, 0.25) is 10.0 Å². The molecule has 2 aromatic rings. The fourth-order valence-corrected chi connectivity index (χ4v) is 4.04. The zero-order valence-corrected chi connectivity index (χ0v) is 20.1.